The molecule has 2 saturated heterocycles. The fourth-order valence-electron chi connectivity index (χ4n) is 5.02. The second-order valence-corrected chi connectivity index (χ2v) is 11.8. The second-order valence-electron chi connectivity index (χ2n) is 9.82. The molecular formula is C24H36N4O6S. The fourth-order valence-corrected chi connectivity index (χ4v) is 6.72. The van der Waals surface area contributed by atoms with Gasteiger partial charge in [-0.2, -0.15) is 4.31 Å². The lowest BCUT2D eigenvalue weighted by Crippen LogP contribution is -2.46. The number of benzene rings is 1. The van der Waals surface area contributed by atoms with E-state index in [0.717, 1.165) is 45.7 Å². The second kappa shape index (κ2) is 11.2. The Morgan fingerprint density at radius 2 is 1.86 bits per heavy atom. The van der Waals surface area contributed by atoms with E-state index in [-0.39, 0.29) is 41.7 Å². The molecule has 0 unspecified atom stereocenters. The van der Waals surface area contributed by atoms with Crippen LogP contribution < -0.4 is 15.0 Å². The normalized spacial score (nSPS) is 24.1. The lowest BCUT2D eigenvalue weighted by Gasteiger charge is -2.34. The van der Waals surface area contributed by atoms with Crippen molar-refractivity contribution in [2.24, 2.45) is 11.8 Å². The minimum absolute atomic E-state index is 0.103. The standard InChI is InChI=1S/C24H36N4O6S/c1-18-12-19(2)15-27(14-18)35(31,32)20-4-5-22-21(13-20)28(24(30)17-34-22)16-23(29)25-6-3-7-26-8-10-33-11-9-26/h4-5,13,18-19H,3,6-12,14-17H2,1-2H3,(H,25,29)/t18-,19+. The molecule has 1 aromatic rings. The molecule has 3 aliphatic heterocycles. The molecule has 11 heteroatoms. The molecular weight excluding hydrogens is 472 g/mol. The van der Waals surface area contributed by atoms with Crippen molar-refractivity contribution >= 4 is 27.5 Å². The predicted molar refractivity (Wildman–Crippen MR) is 131 cm³/mol. The van der Waals surface area contributed by atoms with Crippen molar-refractivity contribution < 1.29 is 27.5 Å². The van der Waals surface area contributed by atoms with E-state index in [9.17, 15) is 18.0 Å². The summed E-state index contributed by atoms with van der Waals surface area (Å²) in [5, 5.41) is 2.87. The van der Waals surface area contributed by atoms with Crippen molar-refractivity contribution in [1.29, 1.82) is 0 Å². The molecule has 2 atom stereocenters. The van der Waals surface area contributed by atoms with Crippen molar-refractivity contribution in [3.63, 3.8) is 0 Å². The Kier molecular flexibility index (Phi) is 8.31. The van der Waals surface area contributed by atoms with E-state index in [1.807, 2.05) is 0 Å². The quantitative estimate of drug-likeness (QED) is 0.520. The number of rotatable bonds is 8. The number of morpholine rings is 1. The summed E-state index contributed by atoms with van der Waals surface area (Å²) in [6.45, 7) is 9.30. The first kappa shape index (κ1) is 25.9. The van der Waals surface area contributed by atoms with Gasteiger partial charge in [0.25, 0.3) is 5.91 Å². The molecule has 0 saturated carbocycles. The van der Waals surface area contributed by atoms with Crippen LogP contribution in [-0.2, 0) is 24.3 Å². The zero-order valence-electron chi connectivity index (χ0n) is 20.6. The van der Waals surface area contributed by atoms with Gasteiger partial charge in [-0.15, -0.1) is 0 Å². The number of ether oxygens (including phenoxy) is 2. The van der Waals surface area contributed by atoms with Gasteiger partial charge in [0.05, 0.1) is 23.8 Å². The smallest absolute Gasteiger partial charge is 0.265 e. The van der Waals surface area contributed by atoms with Crippen molar-refractivity contribution in [1.82, 2.24) is 14.5 Å². The zero-order chi connectivity index (χ0) is 25.0. The summed E-state index contributed by atoms with van der Waals surface area (Å²) in [7, 11) is -3.73. The van der Waals surface area contributed by atoms with Crippen molar-refractivity contribution in [2.75, 3.05) is 70.5 Å². The van der Waals surface area contributed by atoms with Gasteiger partial charge in [-0.05, 0) is 49.4 Å². The number of sulfonamides is 1. The van der Waals surface area contributed by atoms with Gasteiger partial charge in [0, 0.05) is 32.7 Å². The SMILES string of the molecule is C[C@@H]1C[C@H](C)CN(S(=O)(=O)c2ccc3c(c2)N(CC(=O)NCCCN2CCOCC2)C(=O)CO3)C1. The summed E-state index contributed by atoms with van der Waals surface area (Å²) in [5.41, 5.74) is 0.309. The number of carbonyl (C=O) groups is 2. The van der Waals surface area contributed by atoms with Gasteiger partial charge >= 0.3 is 0 Å². The van der Waals surface area contributed by atoms with E-state index in [1.165, 1.54) is 21.3 Å². The molecule has 35 heavy (non-hydrogen) atoms. The lowest BCUT2D eigenvalue weighted by molar-refractivity contribution is -0.125. The van der Waals surface area contributed by atoms with Crippen LogP contribution >= 0.6 is 0 Å². The number of hydrogen-bond acceptors (Lipinski definition) is 7. The Labute approximate surface area is 207 Å². The predicted octanol–water partition coefficient (Wildman–Crippen LogP) is 0.917. The molecule has 3 heterocycles. The van der Waals surface area contributed by atoms with Crippen LogP contribution in [0.4, 0.5) is 5.69 Å². The van der Waals surface area contributed by atoms with Crippen LogP contribution in [0, 0.1) is 11.8 Å². The minimum atomic E-state index is -3.73. The van der Waals surface area contributed by atoms with Crippen LogP contribution in [0.25, 0.3) is 0 Å². The van der Waals surface area contributed by atoms with Gasteiger partial charge < -0.3 is 14.8 Å². The van der Waals surface area contributed by atoms with Gasteiger partial charge in [-0.25, -0.2) is 8.42 Å². The molecule has 3 aliphatic rings. The number of amides is 2. The van der Waals surface area contributed by atoms with Crippen LogP contribution in [0.15, 0.2) is 23.1 Å². The third-order valence-corrected chi connectivity index (χ3v) is 8.55. The number of anilines is 1. The van der Waals surface area contributed by atoms with E-state index in [0.29, 0.717) is 31.1 Å². The van der Waals surface area contributed by atoms with Crippen molar-refractivity contribution in [2.45, 2.75) is 31.6 Å². The first-order valence-electron chi connectivity index (χ1n) is 12.4. The fraction of sp³-hybridized carbons (Fsp3) is 0.667. The van der Waals surface area contributed by atoms with Gasteiger partial charge in [-0.1, -0.05) is 13.8 Å². The summed E-state index contributed by atoms with van der Waals surface area (Å²) < 4.78 is 39.1. The van der Waals surface area contributed by atoms with Gasteiger partial charge in [0.2, 0.25) is 15.9 Å². The molecule has 0 aromatic heterocycles. The molecule has 2 fully saturated rings. The van der Waals surface area contributed by atoms with Crippen molar-refractivity contribution in [3.8, 4) is 5.75 Å². The Hall–Kier alpha value is -2.21. The monoisotopic (exact) mass is 508 g/mol. The maximum Gasteiger partial charge on any atom is 0.265 e. The highest BCUT2D eigenvalue weighted by Gasteiger charge is 2.34. The summed E-state index contributed by atoms with van der Waals surface area (Å²) in [6.07, 6.45) is 1.79. The number of fused-ring (bicyclic) bond motifs is 1. The summed E-state index contributed by atoms with van der Waals surface area (Å²) in [4.78, 5) is 28.9. The number of carbonyl (C=O) groups excluding carboxylic acids is 2. The average molecular weight is 509 g/mol. The van der Waals surface area contributed by atoms with Crippen LogP contribution in [0.2, 0.25) is 0 Å². The Balaban J connectivity index is 1.41. The molecule has 10 nitrogen and oxygen atoms in total. The molecule has 0 spiro atoms. The number of hydrogen-bond donors (Lipinski definition) is 1. The average Bonchev–Trinajstić information content (AvgIpc) is 2.83. The number of nitrogens with one attached hydrogen (secondary N) is 1. The highest BCUT2D eigenvalue weighted by atomic mass is 32.2. The summed E-state index contributed by atoms with van der Waals surface area (Å²) in [5.74, 6) is 0.277. The molecule has 1 aromatic carbocycles. The van der Waals surface area contributed by atoms with Crippen LogP contribution in [0.1, 0.15) is 26.7 Å². The first-order chi connectivity index (χ1) is 16.7. The van der Waals surface area contributed by atoms with Crippen LogP contribution in [-0.4, -0.2) is 95.1 Å². The molecule has 194 valence electrons. The number of nitrogens with zero attached hydrogens (tertiary/aromatic N) is 3. The third kappa shape index (κ3) is 6.32. The van der Waals surface area contributed by atoms with E-state index in [4.69, 9.17) is 9.47 Å². The molecule has 2 amide bonds. The van der Waals surface area contributed by atoms with E-state index >= 15 is 0 Å². The highest BCUT2D eigenvalue weighted by molar-refractivity contribution is 7.89. The topological polar surface area (TPSA) is 108 Å². The summed E-state index contributed by atoms with van der Waals surface area (Å²) >= 11 is 0. The maximum absolute atomic E-state index is 13.4. The van der Waals surface area contributed by atoms with Gasteiger partial charge in [0.1, 0.15) is 12.3 Å². The molecule has 0 radical (unpaired) electrons. The number of piperidine rings is 1. The zero-order valence-corrected chi connectivity index (χ0v) is 21.4. The van der Waals surface area contributed by atoms with E-state index < -0.39 is 10.0 Å². The van der Waals surface area contributed by atoms with Crippen LogP contribution in [0.5, 0.6) is 5.75 Å². The Morgan fingerprint density at radius 3 is 2.57 bits per heavy atom. The highest BCUT2D eigenvalue weighted by Crippen LogP contribution is 2.36. The van der Waals surface area contributed by atoms with Crippen LogP contribution in [0.3, 0.4) is 0 Å². The molecule has 4 rings (SSSR count). The minimum Gasteiger partial charge on any atom is -0.482 e. The van der Waals surface area contributed by atoms with E-state index in [1.54, 1.807) is 6.07 Å². The Bertz CT molecular complexity index is 1020. The van der Waals surface area contributed by atoms with Gasteiger partial charge in [0.15, 0.2) is 6.61 Å². The maximum atomic E-state index is 13.4. The van der Waals surface area contributed by atoms with Crippen molar-refractivity contribution in [3.05, 3.63) is 18.2 Å². The van der Waals surface area contributed by atoms with Gasteiger partial charge in [-0.3, -0.25) is 19.4 Å². The third-order valence-electron chi connectivity index (χ3n) is 6.73. The molecule has 0 aliphatic carbocycles. The Morgan fingerprint density at radius 1 is 1.14 bits per heavy atom. The first-order valence-corrected chi connectivity index (χ1v) is 13.8. The summed E-state index contributed by atoms with van der Waals surface area (Å²) in [6, 6.07) is 4.54. The molecule has 1 N–H and O–H groups in total. The molecule has 0 bridgehead atoms. The largest absolute Gasteiger partial charge is 0.482 e. The van der Waals surface area contributed by atoms with E-state index in [2.05, 4.69) is 24.1 Å². The lowest BCUT2D eigenvalue weighted by atomic mass is 9.94.